The maximum atomic E-state index is 4.61. The van der Waals surface area contributed by atoms with E-state index in [9.17, 15) is 0 Å². The molecule has 0 aliphatic carbocycles. The molecule has 0 aliphatic rings. The summed E-state index contributed by atoms with van der Waals surface area (Å²) in [6.45, 7) is 6.11. The fourth-order valence-electron chi connectivity index (χ4n) is 5.03. The first-order valence-corrected chi connectivity index (χ1v) is 13.8. The first-order valence-electron chi connectivity index (χ1n) is 13.8. The van der Waals surface area contributed by atoms with E-state index in [-0.39, 0.29) is 20.1 Å². The summed E-state index contributed by atoms with van der Waals surface area (Å²) in [4.78, 5) is 8.95. The molecular weight excluding hydrogens is 689 g/mol. The SMILES string of the molecule is Cc1c[c-]c(-c2ccc(C)cn2)cc1.Cc1cccc(-c2[c-]cc(-c3cc4ccccc4c4ccccc34)cc2)n1.[Ir]. The predicted molar refractivity (Wildman–Crippen MR) is 172 cm³/mol. The van der Waals surface area contributed by atoms with Crippen LogP contribution in [0.2, 0.25) is 0 Å². The van der Waals surface area contributed by atoms with Crippen LogP contribution >= 0.6 is 0 Å². The number of benzene rings is 5. The van der Waals surface area contributed by atoms with Gasteiger partial charge in [-0.3, -0.25) is 0 Å². The molecule has 0 bridgehead atoms. The molecule has 7 rings (SSSR count). The van der Waals surface area contributed by atoms with Crippen LogP contribution < -0.4 is 0 Å². The second-order valence-corrected chi connectivity index (χ2v) is 10.3. The van der Waals surface area contributed by atoms with Gasteiger partial charge in [-0.25, -0.2) is 0 Å². The second-order valence-electron chi connectivity index (χ2n) is 10.3. The van der Waals surface area contributed by atoms with Crippen molar-refractivity contribution in [1.29, 1.82) is 0 Å². The Balaban J connectivity index is 0.000000200. The van der Waals surface area contributed by atoms with Gasteiger partial charge < -0.3 is 9.97 Å². The zero-order valence-electron chi connectivity index (χ0n) is 23.9. The van der Waals surface area contributed by atoms with Gasteiger partial charge in [0.05, 0.1) is 0 Å². The van der Waals surface area contributed by atoms with Crippen LogP contribution in [0.3, 0.4) is 0 Å². The number of hydrogen-bond donors (Lipinski definition) is 0. The Morgan fingerprint density at radius 3 is 1.93 bits per heavy atom. The average molecular weight is 719 g/mol. The molecule has 207 valence electrons. The van der Waals surface area contributed by atoms with Gasteiger partial charge in [-0.1, -0.05) is 96.9 Å². The molecule has 0 saturated carbocycles. The van der Waals surface area contributed by atoms with Crippen LogP contribution in [0, 0.1) is 32.9 Å². The molecule has 0 atom stereocenters. The van der Waals surface area contributed by atoms with Crippen molar-refractivity contribution in [1.82, 2.24) is 9.97 Å². The topological polar surface area (TPSA) is 25.8 Å². The molecule has 0 fully saturated rings. The number of nitrogens with zero attached hydrogens (tertiary/aromatic N) is 2. The Morgan fingerprint density at radius 1 is 0.548 bits per heavy atom. The minimum absolute atomic E-state index is 0. The van der Waals surface area contributed by atoms with Crippen LogP contribution in [-0.4, -0.2) is 9.97 Å². The zero-order chi connectivity index (χ0) is 28.2. The van der Waals surface area contributed by atoms with Gasteiger partial charge >= 0.3 is 0 Å². The van der Waals surface area contributed by atoms with E-state index in [2.05, 4.69) is 114 Å². The van der Waals surface area contributed by atoms with E-state index in [0.29, 0.717) is 0 Å². The van der Waals surface area contributed by atoms with E-state index in [1.54, 1.807) is 0 Å². The number of rotatable bonds is 3. The monoisotopic (exact) mass is 719 g/mol. The first kappa shape index (κ1) is 29.1. The van der Waals surface area contributed by atoms with E-state index in [4.69, 9.17) is 0 Å². The molecule has 3 heteroatoms. The molecule has 42 heavy (non-hydrogen) atoms. The van der Waals surface area contributed by atoms with E-state index in [0.717, 1.165) is 28.2 Å². The third-order valence-corrected chi connectivity index (χ3v) is 7.21. The third-order valence-electron chi connectivity index (χ3n) is 7.21. The Bertz CT molecular complexity index is 1900. The van der Waals surface area contributed by atoms with E-state index < -0.39 is 0 Å². The Labute approximate surface area is 261 Å². The van der Waals surface area contributed by atoms with Crippen molar-refractivity contribution >= 4 is 21.5 Å². The first-order chi connectivity index (χ1) is 20.0. The Morgan fingerprint density at radius 2 is 1.24 bits per heavy atom. The third kappa shape index (κ3) is 6.39. The summed E-state index contributed by atoms with van der Waals surface area (Å²) in [5.74, 6) is 0. The van der Waals surface area contributed by atoms with Crippen LogP contribution in [-0.2, 0) is 20.1 Å². The number of hydrogen-bond acceptors (Lipinski definition) is 2. The molecule has 5 aromatic carbocycles. The van der Waals surface area contributed by atoms with Gasteiger partial charge in [0.1, 0.15) is 0 Å². The van der Waals surface area contributed by atoms with Crippen LogP contribution in [0.25, 0.3) is 55.2 Å². The summed E-state index contributed by atoms with van der Waals surface area (Å²) in [7, 11) is 0. The smallest absolute Gasteiger partial charge is 0.0266 e. The maximum Gasteiger partial charge on any atom is 0.0266 e. The van der Waals surface area contributed by atoms with Crippen molar-refractivity contribution in [2.24, 2.45) is 0 Å². The normalized spacial score (nSPS) is 10.5. The molecule has 1 radical (unpaired) electrons. The number of fused-ring (bicyclic) bond motifs is 3. The number of aryl methyl sites for hydroxylation is 3. The van der Waals surface area contributed by atoms with E-state index in [1.165, 1.54) is 43.8 Å². The fourth-order valence-corrected chi connectivity index (χ4v) is 5.03. The van der Waals surface area contributed by atoms with Gasteiger partial charge in [0.2, 0.25) is 0 Å². The van der Waals surface area contributed by atoms with Gasteiger partial charge in [0.25, 0.3) is 0 Å². The Kier molecular flexibility index (Phi) is 9.03. The van der Waals surface area contributed by atoms with Gasteiger partial charge in [-0.2, -0.15) is 0 Å². The molecule has 2 heterocycles. The summed E-state index contributed by atoms with van der Waals surface area (Å²) in [5.41, 5.74) is 9.86. The standard InChI is InChI=1S/C26H18N.C13H12N.Ir/c1-18-7-6-12-26(27-18)20-15-13-19(14-16-20)25-17-21-8-2-3-9-22(21)23-10-4-5-11-24(23)25;1-10-3-6-12(7-4-10)13-8-5-11(2)9-14-13;/h2-15,17H,1H3;3-6,8-9H,1-2H3;/q2*-1;. The van der Waals surface area contributed by atoms with Crippen molar-refractivity contribution in [3.8, 4) is 33.6 Å². The quantitative estimate of drug-likeness (QED) is 0.134. The van der Waals surface area contributed by atoms with Gasteiger partial charge in [-0.15, -0.1) is 65.2 Å². The number of pyridine rings is 2. The minimum Gasteiger partial charge on any atom is -0.304 e. The largest absolute Gasteiger partial charge is 0.304 e. The summed E-state index contributed by atoms with van der Waals surface area (Å²) >= 11 is 0. The van der Waals surface area contributed by atoms with Crippen molar-refractivity contribution in [2.45, 2.75) is 20.8 Å². The minimum atomic E-state index is 0. The second kappa shape index (κ2) is 13.0. The van der Waals surface area contributed by atoms with Crippen LogP contribution in [0.15, 0.2) is 128 Å². The number of aromatic nitrogens is 2. The maximum absolute atomic E-state index is 4.61. The Hall–Kier alpha value is -4.43. The summed E-state index contributed by atoms with van der Waals surface area (Å²) in [5, 5.41) is 5.11. The molecule has 7 aromatic rings. The molecule has 0 amide bonds. The zero-order valence-corrected chi connectivity index (χ0v) is 26.2. The summed E-state index contributed by atoms with van der Waals surface area (Å²) in [6, 6.07) is 48.8. The average Bonchev–Trinajstić information content (AvgIpc) is 3.02. The van der Waals surface area contributed by atoms with E-state index in [1.807, 2.05) is 56.4 Å². The molecule has 0 unspecified atom stereocenters. The van der Waals surface area contributed by atoms with Gasteiger partial charge in [0.15, 0.2) is 0 Å². The predicted octanol–water partition coefficient (Wildman–Crippen LogP) is 9.99. The summed E-state index contributed by atoms with van der Waals surface area (Å²) < 4.78 is 0. The van der Waals surface area contributed by atoms with Crippen LogP contribution in [0.1, 0.15) is 16.8 Å². The van der Waals surface area contributed by atoms with Crippen molar-refractivity contribution in [3.63, 3.8) is 0 Å². The van der Waals surface area contributed by atoms with E-state index >= 15 is 0 Å². The van der Waals surface area contributed by atoms with Crippen molar-refractivity contribution in [3.05, 3.63) is 156 Å². The molecule has 0 spiro atoms. The molecule has 0 N–H and O–H groups in total. The van der Waals surface area contributed by atoms with Crippen LogP contribution in [0.4, 0.5) is 0 Å². The molecule has 2 aromatic heterocycles. The fraction of sp³-hybridized carbons (Fsp3) is 0.0769. The molecule has 0 saturated heterocycles. The van der Waals surface area contributed by atoms with Crippen molar-refractivity contribution in [2.75, 3.05) is 0 Å². The summed E-state index contributed by atoms with van der Waals surface area (Å²) in [6.07, 6.45) is 1.88. The molecular formula is C39H30IrN2-2. The molecule has 0 aliphatic heterocycles. The molecule has 2 nitrogen and oxygen atoms in total. The van der Waals surface area contributed by atoms with Crippen molar-refractivity contribution < 1.29 is 20.1 Å². The van der Waals surface area contributed by atoms with Gasteiger partial charge in [0, 0.05) is 32.0 Å². The van der Waals surface area contributed by atoms with Crippen LogP contribution in [0.5, 0.6) is 0 Å². The van der Waals surface area contributed by atoms with Gasteiger partial charge in [-0.05, 0) is 58.4 Å².